The summed E-state index contributed by atoms with van der Waals surface area (Å²) < 4.78 is 19.0. The number of nitrogens with zero attached hydrogens (tertiary/aromatic N) is 2. The smallest absolute Gasteiger partial charge is 0.282 e. The Labute approximate surface area is 120 Å². The number of nitro benzene ring substituents is 1. The third-order valence-electron chi connectivity index (χ3n) is 4.13. The maximum absolute atomic E-state index is 13.4. The maximum Gasteiger partial charge on any atom is 0.282 e. The number of nitro groups is 1. The first-order valence-corrected chi connectivity index (χ1v) is 6.94. The molecule has 6 nitrogen and oxygen atoms in total. The number of amides is 1. The summed E-state index contributed by atoms with van der Waals surface area (Å²) in [5, 5.41) is 11.0. The molecule has 7 heteroatoms. The number of hydrogen-bond acceptors (Lipinski definition) is 4. The minimum Gasteiger partial charge on any atom is -0.374 e. The fourth-order valence-electron chi connectivity index (χ4n) is 3.17. The molecule has 2 aliphatic rings. The molecule has 1 aliphatic carbocycles. The number of fused-ring (bicyclic) bond motifs is 1. The van der Waals surface area contributed by atoms with E-state index in [-0.39, 0.29) is 23.4 Å². The first kappa shape index (κ1) is 13.9. The fourth-order valence-corrected chi connectivity index (χ4v) is 3.17. The number of carbonyl (C=O) groups is 1. The number of rotatable bonds is 2. The van der Waals surface area contributed by atoms with E-state index in [4.69, 9.17) is 4.74 Å². The minimum atomic E-state index is -0.654. The van der Waals surface area contributed by atoms with Crippen LogP contribution in [0.1, 0.15) is 29.6 Å². The van der Waals surface area contributed by atoms with Gasteiger partial charge < -0.3 is 9.64 Å². The number of morpholine rings is 1. The normalized spacial score (nSPS) is 24.7. The summed E-state index contributed by atoms with van der Waals surface area (Å²) in [7, 11) is 0. The molecular formula is C14H15FN2O4. The van der Waals surface area contributed by atoms with Crippen LogP contribution in [0.4, 0.5) is 10.1 Å². The van der Waals surface area contributed by atoms with Crippen molar-refractivity contribution in [2.24, 2.45) is 0 Å². The monoisotopic (exact) mass is 294 g/mol. The summed E-state index contributed by atoms with van der Waals surface area (Å²) in [6.45, 7) is 0.795. The van der Waals surface area contributed by atoms with Gasteiger partial charge in [0.2, 0.25) is 0 Å². The highest BCUT2D eigenvalue weighted by molar-refractivity contribution is 5.98. The largest absolute Gasteiger partial charge is 0.374 e. The number of ether oxygens (including phenoxy) is 1. The van der Waals surface area contributed by atoms with Crippen LogP contribution < -0.4 is 0 Å². The van der Waals surface area contributed by atoms with Gasteiger partial charge in [-0.1, -0.05) is 0 Å². The number of benzene rings is 1. The Morgan fingerprint density at radius 1 is 1.43 bits per heavy atom. The first-order valence-electron chi connectivity index (χ1n) is 6.94. The van der Waals surface area contributed by atoms with Crippen molar-refractivity contribution in [2.45, 2.75) is 31.4 Å². The molecule has 0 aromatic heterocycles. The Morgan fingerprint density at radius 3 is 3.00 bits per heavy atom. The SMILES string of the molecule is O=C(c1cc(F)ccc1[N+](=O)[O-])N1CCOC2CCCC21. The van der Waals surface area contributed by atoms with E-state index in [2.05, 4.69) is 0 Å². The van der Waals surface area contributed by atoms with Crippen molar-refractivity contribution in [1.82, 2.24) is 4.90 Å². The highest BCUT2D eigenvalue weighted by Gasteiger charge is 2.40. The molecule has 0 radical (unpaired) electrons. The number of halogens is 1. The van der Waals surface area contributed by atoms with Crippen LogP contribution in [0.2, 0.25) is 0 Å². The van der Waals surface area contributed by atoms with Crippen molar-refractivity contribution in [3.63, 3.8) is 0 Å². The lowest BCUT2D eigenvalue weighted by Crippen LogP contribution is -2.51. The predicted molar refractivity (Wildman–Crippen MR) is 71.5 cm³/mol. The lowest BCUT2D eigenvalue weighted by molar-refractivity contribution is -0.385. The van der Waals surface area contributed by atoms with E-state index in [1.807, 2.05) is 0 Å². The van der Waals surface area contributed by atoms with Gasteiger partial charge >= 0.3 is 0 Å². The third-order valence-corrected chi connectivity index (χ3v) is 4.13. The van der Waals surface area contributed by atoms with Gasteiger partial charge in [-0.2, -0.15) is 0 Å². The lowest BCUT2D eigenvalue weighted by Gasteiger charge is -2.37. The van der Waals surface area contributed by atoms with Gasteiger partial charge in [0.1, 0.15) is 11.4 Å². The Hall–Kier alpha value is -2.02. The fraction of sp³-hybridized carbons (Fsp3) is 0.500. The van der Waals surface area contributed by atoms with Crippen molar-refractivity contribution in [3.05, 3.63) is 39.7 Å². The van der Waals surface area contributed by atoms with Crippen LogP contribution in [0.15, 0.2) is 18.2 Å². The molecule has 0 spiro atoms. The molecule has 2 atom stereocenters. The quantitative estimate of drug-likeness (QED) is 0.618. The van der Waals surface area contributed by atoms with Crippen molar-refractivity contribution in [2.75, 3.05) is 13.2 Å². The van der Waals surface area contributed by atoms with Crippen molar-refractivity contribution in [3.8, 4) is 0 Å². The number of carbonyl (C=O) groups excluding carboxylic acids is 1. The molecule has 1 aromatic rings. The van der Waals surface area contributed by atoms with Crippen molar-refractivity contribution >= 4 is 11.6 Å². The zero-order valence-electron chi connectivity index (χ0n) is 11.3. The first-order chi connectivity index (χ1) is 10.1. The third kappa shape index (κ3) is 2.49. The van der Waals surface area contributed by atoms with Crippen molar-refractivity contribution < 1.29 is 18.8 Å². The molecule has 1 amide bonds. The van der Waals surface area contributed by atoms with E-state index in [1.54, 1.807) is 4.90 Å². The molecular weight excluding hydrogens is 279 g/mol. The molecule has 3 rings (SSSR count). The summed E-state index contributed by atoms with van der Waals surface area (Å²) in [5.74, 6) is -1.14. The van der Waals surface area contributed by atoms with Gasteiger partial charge in [-0.15, -0.1) is 0 Å². The second-order valence-electron chi connectivity index (χ2n) is 5.32. The van der Waals surface area contributed by atoms with E-state index in [0.717, 1.165) is 37.5 Å². The van der Waals surface area contributed by atoms with Gasteiger partial charge in [0, 0.05) is 12.6 Å². The zero-order chi connectivity index (χ0) is 15.0. The van der Waals surface area contributed by atoms with Gasteiger partial charge in [-0.3, -0.25) is 14.9 Å². The molecule has 2 fully saturated rings. The molecule has 1 heterocycles. The topological polar surface area (TPSA) is 72.7 Å². The zero-order valence-corrected chi connectivity index (χ0v) is 11.3. The standard InChI is InChI=1S/C14H15FN2O4/c15-9-4-5-11(17(19)20)10(8-9)14(18)16-6-7-21-13-3-1-2-12(13)16/h4-5,8,12-13H,1-3,6-7H2. The molecule has 2 unspecified atom stereocenters. The maximum atomic E-state index is 13.4. The van der Waals surface area contributed by atoms with Gasteiger partial charge in [0.25, 0.3) is 11.6 Å². The van der Waals surface area contributed by atoms with Gasteiger partial charge in [0.05, 0.1) is 23.7 Å². The Bertz CT molecular complexity index is 592. The molecule has 0 bridgehead atoms. The lowest BCUT2D eigenvalue weighted by atomic mass is 10.1. The van der Waals surface area contributed by atoms with Gasteiger partial charge in [-0.25, -0.2) is 4.39 Å². The van der Waals surface area contributed by atoms with Crippen molar-refractivity contribution in [1.29, 1.82) is 0 Å². The highest BCUT2D eigenvalue weighted by atomic mass is 19.1. The Morgan fingerprint density at radius 2 is 2.24 bits per heavy atom. The molecule has 0 N–H and O–H groups in total. The van der Waals surface area contributed by atoms with E-state index >= 15 is 0 Å². The minimum absolute atomic E-state index is 0.00434. The van der Waals surface area contributed by atoms with Crippen LogP contribution in [-0.4, -0.2) is 41.0 Å². The molecule has 112 valence electrons. The average molecular weight is 294 g/mol. The molecule has 1 aromatic carbocycles. The van der Waals surface area contributed by atoms with E-state index in [0.29, 0.717) is 13.2 Å². The summed E-state index contributed by atoms with van der Waals surface area (Å²) in [6, 6.07) is 2.91. The molecule has 1 saturated heterocycles. The van der Waals surface area contributed by atoms with Crippen LogP contribution in [0, 0.1) is 15.9 Å². The van der Waals surface area contributed by atoms with Crippen LogP contribution in [0.5, 0.6) is 0 Å². The molecule has 1 aliphatic heterocycles. The molecule has 1 saturated carbocycles. The van der Waals surface area contributed by atoms with Crippen LogP contribution in [-0.2, 0) is 4.74 Å². The van der Waals surface area contributed by atoms with Crippen LogP contribution >= 0.6 is 0 Å². The van der Waals surface area contributed by atoms with E-state index < -0.39 is 16.6 Å². The Kier molecular flexibility index (Phi) is 3.59. The summed E-state index contributed by atoms with van der Waals surface area (Å²) in [4.78, 5) is 24.6. The highest BCUT2D eigenvalue weighted by Crippen LogP contribution is 2.32. The van der Waals surface area contributed by atoms with Crippen LogP contribution in [0.25, 0.3) is 0 Å². The van der Waals surface area contributed by atoms with Gasteiger partial charge in [0.15, 0.2) is 0 Å². The molecule has 21 heavy (non-hydrogen) atoms. The van der Waals surface area contributed by atoms with Gasteiger partial charge in [-0.05, 0) is 31.4 Å². The summed E-state index contributed by atoms with van der Waals surface area (Å²) in [6.07, 6.45) is 2.67. The summed E-state index contributed by atoms with van der Waals surface area (Å²) in [5.41, 5.74) is -0.546. The average Bonchev–Trinajstić information content (AvgIpc) is 2.94. The predicted octanol–water partition coefficient (Wildman–Crippen LogP) is 2.13. The second kappa shape index (κ2) is 5.40. The van der Waals surface area contributed by atoms with E-state index in [9.17, 15) is 19.3 Å². The summed E-state index contributed by atoms with van der Waals surface area (Å²) >= 11 is 0. The Balaban J connectivity index is 1.94. The van der Waals surface area contributed by atoms with Crippen LogP contribution in [0.3, 0.4) is 0 Å². The second-order valence-corrected chi connectivity index (χ2v) is 5.32. The van der Waals surface area contributed by atoms with E-state index in [1.165, 1.54) is 0 Å². The number of hydrogen-bond donors (Lipinski definition) is 0.